The first kappa shape index (κ1) is 12.8. The average molecular weight is 243 g/mol. The molecule has 90 valence electrons. The van der Waals surface area contributed by atoms with E-state index in [1.807, 2.05) is 20.8 Å². The van der Waals surface area contributed by atoms with Crippen LogP contribution in [0.1, 0.15) is 26.3 Å². The molecule has 0 amide bonds. The van der Waals surface area contributed by atoms with Crippen molar-refractivity contribution in [1.82, 2.24) is 0 Å². The zero-order chi connectivity index (χ0) is 12.7. The molecule has 0 saturated carbocycles. The zero-order valence-electron chi connectivity index (χ0n) is 9.90. The SMILES string of the molecule is CC(C)(C)c1cc(N)c(O)c(S(C)(=O)=O)c1. The number of nitrogen functional groups attached to an aromatic ring is 1. The van der Waals surface area contributed by atoms with Crippen LogP contribution >= 0.6 is 0 Å². The molecule has 0 saturated heterocycles. The number of phenols is 1. The lowest BCUT2D eigenvalue weighted by Crippen LogP contribution is -2.13. The summed E-state index contributed by atoms with van der Waals surface area (Å²) in [5, 5.41) is 9.62. The number of benzene rings is 1. The number of nitrogens with two attached hydrogens (primary N) is 1. The van der Waals surface area contributed by atoms with Crippen molar-refractivity contribution in [3.8, 4) is 5.75 Å². The van der Waals surface area contributed by atoms with E-state index in [1.165, 1.54) is 6.07 Å². The number of rotatable bonds is 1. The van der Waals surface area contributed by atoms with Crippen molar-refractivity contribution in [1.29, 1.82) is 0 Å². The molecule has 5 heteroatoms. The van der Waals surface area contributed by atoms with Gasteiger partial charge in [0.25, 0.3) is 0 Å². The first-order valence-electron chi connectivity index (χ1n) is 4.86. The van der Waals surface area contributed by atoms with Crippen molar-refractivity contribution < 1.29 is 13.5 Å². The Morgan fingerprint density at radius 2 is 1.75 bits per heavy atom. The summed E-state index contributed by atoms with van der Waals surface area (Å²) in [4.78, 5) is -0.113. The summed E-state index contributed by atoms with van der Waals surface area (Å²) >= 11 is 0. The van der Waals surface area contributed by atoms with Crippen LogP contribution in [0.15, 0.2) is 17.0 Å². The predicted octanol–water partition coefficient (Wildman–Crippen LogP) is 1.68. The van der Waals surface area contributed by atoms with Gasteiger partial charge in [-0.25, -0.2) is 8.42 Å². The smallest absolute Gasteiger partial charge is 0.179 e. The van der Waals surface area contributed by atoms with Gasteiger partial charge in [0.2, 0.25) is 0 Å². The maximum Gasteiger partial charge on any atom is 0.179 e. The van der Waals surface area contributed by atoms with E-state index >= 15 is 0 Å². The van der Waals surface area contributed by atoms with Crippen LogP contribution in [0, 0.1) is 0 Å². The molecule has 1 rings (SSSR count). The predicted molar refractivity (Wildman–Crippen MR) is 64.3 cm³/mol. The third-order valence-corrected chi connectivity index (χ3v) is 3.48. The summed E-state index contributed by atoms with van der Waals surface area (Å²) in [6, 6.07) is 3.07. The summed E-state index contributed by atoms with van der Waals surface area (Å²) in [6.45, 7) is 5.85. The van der Waals surface area contributed by atoms with E-state index in [1.54, 1.807) is 6.07 Å². The van der Waals surface area contributed by atoms with Crippen molar-refractivity contribution in [2.45, 2.75) is 31.1 Å². The van der Waals surface area contributed by atoms with Gasteiger partial charge in [-0.05, 0) is 23.1 Å². The van der Waals surface area contributed by atoms with E-state index in [9.17, 15) is 13.5 Å². The van der Waals surface area contributed by atoms with Gasteiger partial charge in [0.05, 0.1) is 5.69 Å². The number of hydrogen-bond acceptors (Lipinski definition) is 4. The molecule has 16 heavy (non-hydrogen) atoms. The van der Waals surface area contributed by atoms with E-state index in [-0.39, 0.29) is 21.7 Å². The average Bonchev–Trinajstić information content (AvgIpc) is 2.05. The van der Waals surface area contributed by atoms with Gasteiger partial charge in [-0.1, -0.05) is 20.8 Å². The molecule has 0 fully saturated rings. The minimum absolute atomic E-state index is 0.0906. The van der Waals surface area contributed by atoms with Crippen LogP contribution < -0.4 is 5.73 Å². The standard InChI is InChI=1S/C11H17NO3S/c1-11(2,3)7-5-8(12)10(13)9(6-7)16(4,14)15/h5-6,13H,12H2,1-4H3. The largest absolute Gasteiger partial charge is 0.504 e. The maximum atomic E-state index is 11.5. The second kappa shape index (κ2) is 3.66. The van der Waals surface area contributed by atoms with E-state index in [2.05, 4.69) is 0 Å². The van der Waals surface area contributed by atoms with E-state index in [0.717, 1.165) is 11.8 Å². The summed E-state index contributed by atoms with van der Waals surface area (Å²) in [5.74, 6) is -0.365. The van der Waals surface area contributed by atoms with Crippen LogP contribution in [0.4, 0.5) is 5.69 Å². The van der Waals surface area contributed by atoms with Crippen molar-refractivity contribution in [2.24, 2.45) is 0 Å². The molecule has 0 atom stereocenters. The molecule has 0 aliphatic heterocycles. The number of aromatic hydroxyl groups is 1. The Labute approximate surface area is 96.0 Å². The first-order chi connectivity index (χ1) is 7.03. The number of phenolic OH excluding ortho intramolecular Hbond substituents is 1. The quantitative estimate of drug-likeness (QED) is 0.581. The maximum absolute atomic E-state index is 11.5. The van der Waals surface area contributed by atoms with Crippen LogP contribution in [0.2, 0.25) is 0 Å². The van der Waals surface area contributed by atoms with Gasteiger partial charge in [0.15, 0.2) is 15.6 Å². The van der Waals surface area contributed by atoms with Crippen LogP contribution in [0.5, 0.6) is 5.75 Å². The fourth-order valence-corrected chi connectivity index (χ4v) is 2.16. The third kappa shape index (κ3) is 2.47. The summed E-state index contributed by atoms with van der Waals surface area (Å²) in [5.41, 5.74) is 6.25. The fraction of sp³-hybridized carbons (Fsp3) is 0.455. The van der Waals surface area contributed by atoms with Crippen molar-refractivity contribution >= 4 is 15.5 Å². The van der Waals surface area contributed by atoms with Gasteiger partial charge in [-0.15, -0.1) is 0 Å². The summed E-state index contributed by atoms with van der Waals surface area (Å²) < 4.78 is 22.9. The lowest BCUT2D eigenvalue weighted by molar-refractivity contribution is 0.460. The molecular weight excluding hydrogens is 226 g/mol. The lowest BCUT2D eigenvalue weighted by atomic mass is 9.87. The zero-order valence-corrected chi connectivity index (χ0v) is 10.7. The Morgan fingerprint density at radius 1 is 1.25 bits per heavy atom. The van der Waals surface area contributed by atoms with Crippen LogP contribution in [0.25, 0.3) is 0 Å². The van der Waals surface area contributed by atoms with Crippen molar-refractivity contribution in [2.75, 3.05) is 12.0 Å². The first-order valence-corrected chi connectivity index (χ1v) is 6.75. The Hall–Kier alpha value is -1.23. The molecule has 0 spiro atoms. The number of hydrogen-bond donors (Lipinski definition) is 2. The molecule has 0 aromatic heterocycles. The normalized spacial score (nSPS) is 12.8. The second-order valence-corrected chi connectivity index (χ2v) is 6.92. The lowest BCUT2D eigenvalue weighted by Gasteiger charge is -2.21. The summed E-state index contributed by atoms with van der Waals surface area (Å²) in [6.07, 6.45) is 1.05. The second-order valence-electron chi connectivity index (χ2n) is 4.93. The Kier molecular flexibility index (Phi) is 2.94. The molecule has 1 aromatic rings. The third-order valence-electron chi connectivity index (χ3n) is 2.37. The number of anilines is 1. The van der Waals surface area contributed by atoms with Gasteiger partial charge in [-0.2, -0.15) is 0 Å². The molecule has 3 N–H and O–H groups in total. The molecule has 1 aromatic carbocycles. The number of sulfone groups is 1. The Bertz CT molecular complexity index is 513. The highest BCUT2D eigenvalue weighted by molar-refractivity contribution is 7.90. The Balaban J connectivity index is 3.59. The highest BCUT2D eigenvalue weighted by Gasteiger charge is 2.21. The van der Waals surface area contributed by atoms with Gasteiger partial charge < -0.3 is 10.8 Å². The van der Waals surface area contributed by atoms with Crippen LogP contribution in [-0.4, -0.2) is 19.8 Å². The fourth-order valence-electron chi connectivity index (χ4n) is 1.35. The van der Waals surface area contributed by atoms with Gasteiger partial charge in [0.1, 0.15) is 4.90 Å². The van der Waals surface area contributed by atoms with Crippen LogP contribution in [-0.2, 0) is 15.3 Å². The van der Waals surface area contributed by atoms with E-state index < -0.39 is 9.84 Å². The molecule has 0 aliphatic rings. The summed E-state index contributed by atoms with van der Waals surface area (Å²) in [7, 11) is -3.47. The molecule has 0 bridgehead atoms. The van der Waals surface area contributed by atoms with Crippen molar-refractivity contribution in [3.05, 3.63) is 17.7 Å². The molecule has 0 heterocycles. The van der Waals surface area contributed by atoms with E-state index in [4.69, 9.17) is 5.73 Å². The van der Waals surface area contributed by atoms with Crippen molar-refractivity contribution in [3.63, 3.8) is 0 Å². The highest BCUT2D eigenvalue weighted by atomic mass is 32.2. The highest BCUT2D eigenvalue weighted by Crippen LogP contribution is 2.34. The van der Waals surface area contributed by atoms with Gasteiger partial charge in [-0.3, -0.25) is 0 Å². The topological polar surface area (TPSA) is 80.4 Å². The van der Waals surface area contributed by atoms with Crippen LogP contribution in [0.3, 0.4) is 0 Å². The Morgan fingerprint density at radius 3 is 2.12 bits per heavy atom. The molecule has 0 radical (unpaired) electrons. The van der Waals surface area contributed by atoms with Gasteiger partial charge >= 0.3 is 0 Å². The van der Waals surface area contributed by atoms with Gasteiger partial charge in [0, 0.05) is 6.26 Å². The monoisotopic (exact) mass is 243 g/mol. The van der Waals surface area contributed by atoms with E-state index in [0.29, 0.717) is 0 Å². The minimum atomic E-state index is -3.47. The molecular formula is C11H17NO3S. The molecule has 0 unspecified atom stereocenters. The minimum Gasteiger partial charge on any atom is -0.504 e. The molecule has 0 aliphatic carbocycles. The molecule has 4 nitrogen and oxygen atoms in total.